The molecule has 2 unspecified atom stereocenters. The molecule has 0 bridgehead atoms. The molecule has 0 amide bonds. The Morgan fingerprint density at radius 1 is 1.44 bits per heavy atom. The van der Waals surface area contributed by atoms with E-state index in [2.05, 4.69) is 0 Å². The molecule has 18 heavy (non-hydrogen) atoms. The molecule has 0 saturated heterocycles. The molecule has 100 valence electrons. The van der Waals surface area contributed by atoms with Crippen LogP contribution in [0.15, 0.2) is 12.1 Å². The molecule has 5 nitrogen and oxygen atoms in total. The quantitative estimate of drug-likeness (QED) is 0.537. The van der Waals surface area contributed by atoms with Gasteiger partial charge in [0.25, 0.3) is 0 Å². The number of methoxy groups -OCH3 is 1. The molecule has 0 saturated carbocycles. The monoisotopic (exact) mass is 274 g/mol. The third-order valence-electron chi connectivity index (χ3n) is 2.60. The number of halogens is 1. The number of phenols is 1. The first-order chi connectivity index (χ1) is 8.54. The molecule has 3 N–H and O–H groups in total. The van der Waals surface area contributed by atoms with Gasteiger partial charge >= 0.3 is 0 Å². The van der Waals surface area contributed by atoms with Crippen LogP contribution in [0.4, 0.5) is 0 Å². The summed E-state index contributed by atoms with van der Waals surface area (Å²) in [6.45, 7) is 0. The van der Waals surface area contributed by atoms with E-state index < -0.39 is 12.2 Å². The zero-order valence-corrected chi connectivity index (χ0v) is 10.6. The average Bonchev–Trinajstić information content (AvgIpc) is 2.37. The van der Waals surface area contributed by atoms with Crippen LogP contribution in [0.5, 0.6) is 11.5 Å². The Labute approximate surface area is 110 Å². The number of rotatable bonds is 6. The Morgan fingerprint density at radius 3 is 2.61 bits per heavy atom. The maximum atomic E-state index is 10.9. The lowest BCUT2D eigenvalue weighted by Gasteiger charge is -2.19. The Kier molecular flexibility index (Phi) is 5.40. The number of ether oxygens (including phenoxy) is 1. The zero-order valence-electron chi connectivity index (χ0n) is 9.84. The van der Waals surface area contributed by atoms with Crippen LogP contribution in [-0.2, 0) is 0 Å². The second-order valence-electron chi connectivity index (χ2n) is 3.76. The highest BCUT2D eigenvalue weighted by Crippen LogP contribution is 2.33. The molecule has 1 aromatic rings. The lowest BCUT2D eigenvalue weighted by Crippen LogP contribution is -2.20. The number of carbonyl (C=O) groups excluding carboxylic acids is 1. The van der Waals surface area contributed by atoms with Crippen LogP contribution >= 0.6 is 11.6 Å². The van der Waals surface area contributed by atoms with Crippen molar-refractivity contribution in [2.24, 2.45) is 0 Å². The molecule has 6 heteroatoms. The van der Waals surface area contributed by atoms with Crippen molar-refractivity contribution in [1.82, 2.24) is 0 Å². The first kappa shape index (κ1) is 14.8. The van der Waals surface area contributed by atoms with Gasteiger partial charge in [0.2, 0.25) is 0 Å². The third-order valence-corrected chi connectivity index (χ3v) is 2.82. The Hall–Kier alpha value is -1.30. The van der Waals surface area contributed by atoms with Gasteiger partial charge in [-0.1, -0.05) is 0 Å². The Balaban J connectivity index is 3.14. The largest absolute Gasteiger partial charge is 0.504 e. The maximum absolute atomic E-state index is 10.9. The molecule has 1 aromatic carbocycles. The molecule has 2 atom stereocenters. The van der Waals surface area contributed by atoms with E-state index >= 15 is 0 Å². The van der Waals surface area contributed by atoms with Gasteiger partial charge in [-0.2, -0.15) is 0 Å². The predicted molar refractivity (Wildman–Crippen MR) is 66.3 cm³/mol. The predicted octanol–water partition coefficient (Wildman–Crippen LogP) is 1.24. The van der Waals surface area contributed by atoms with Gasteiger partial charge in [-0.25, -0.2) is 0 Å². The molecule has 1 rings (SSSR count). The third kappa shape index (κ3) is 3.13. The zero-order chi connectivity index (χ0) is 13.7. The molecular formula is C12H15ClO5. The Bertz CT molecular complexity index is 421. The average molecular weight is 275 g/mol. The number of hydrogen-bond donors (Lipinski definition) is 3. The molecular weight excluding hydrogens is 260 g/mol. The van der Waals surface area contributed by atoms with E-state index in [1.54, 1.807) is 0 Å². The van der Waals surface area contributed by atoms with Crippen molar-refractivity contribution in [3.63, 3.8) is 0 Å². The van der Waals surface area contributed by atoms with Gasteiger partial charge < -0.3 is 20.1 Å². The lowest BCUT2D eigenvalue weighted by atomic mass is 9.97. The fourth-order valence-electron chi connectivity index (χ4n) is 1.60. The number of benzene rings is 1. The minimum atomic E-state index is -1.29. The van der Waals surface area contributed by atoms with E-state index in [1.807, 2.05) is 0 Å². The van der Waals surface area contributed by atoms with Crippen molar-refractivity contribution >= 4 is 17.9 Å². The Morgan fingerprint density at radius 2 is 2.11 bits per heavy atom. The number of hydrogen-bond acceptors (Lipinski definition) is 5. The summed E-state index contributed by atoms with van der Waals surface area (Å²) in [6, 6.07) is 2.50. The molecule has 0 radical (unpaired) electrons. The van der Waals surface area contributed by atoms with Crippen LogP contribution < -0.4 is 4.74 Å². The van der Waals surface area contributed by atoms with Crippen LogP contribution in [0.2, 0.25) is 0 Å². The summed E-state index contributed by atoms with van der Waals surface area (Å²) in [4.78, 5) is 10.9. The topological polar surface area (TPSA) is 87.0 Å². The second kappa shape index (κ2) is 6.58. The molecule has 0 aliphatic heterocycles. The highest BCUT2D eigenvalue weighted by molar-refractivity contribution is 6.17. The summed E-state index contributed by atoms with van der Waals surface area (Å²) in [5.41, 5.74) is 0.284. The summed E-state index contributed by atoms with van der Waals surface area (Å²) >= 11 is 5.47. The van der Waals surface area contributed by atoms with Gasteiger partial charge in [0.15, 0.2) is 17.8 Å². The van der Waals surface area contributed by atoms with Gasteiger partial charge in [0.05, 0.1) is 13.2 Å². The van der Waals surface area contributed by atoms with Crippen molar-refractivity contribution < 1.29 is 24.9 Å². The molecule has 0 spiro atoms. The van der Waals surface area contributed by atoms with Gasteiger partial charge in [-0.05, 0) is 24.1 Å². The number of carbonyl (C=O) groups is 1. The first-order valence-corrected chi connectivity index (χ1v) is 5.86. The van der Waals surface area contributed by atoms with Crippen molar-refractivity contribution in [1.29, 1.82) is 0 Å². The van der Waals surface area contributed by atoms with Gasteiger partial charge in [0, 0.05) is 11.4 Å². The van der Waals surface area contributed by atoms with Crippen LogP contribution in [0.3, 0.4) is 0 Å². The minimum Gasteiger partial charge on any atom is -0.504 e. The van der Waals surface area contributed by atoms with Crippen LogP contribution in [0, 0.1) is 0 Å². The summed E-state index contributed by atoms with van der Waals surface area (Å²) in [5, 5.41) is 29.2. The summed E-state index contributed by atoms with van der Waals surface area (Å²) in [7, 11) is 1.35. The standard InChI is InChI=1S/C12H15ClO5/c1-18-11-4-7(6-14)8(5-10(11)16)12(17)9(15)2-3-13/h4-6,9,12,15-17H,2-3H2,1H3. The van der Waals surface area contributed by atoms with Crippen LogP contribution in [0.1, 0.15) is 28.4 Å². The normalized spacial score (nSPS) is 14.0. The van der Waals surface area contributed by atoms with E-state index in [1.165, 1.54) is 19.2 Å². The molecule has 0 heterocycles. The first-order valence-electron chi connectivity index (χ1n) is 5.33. The summed E-state index contributed by atoms with van der Waals surface area (Å²) in [5.74, 6) is 0.0895. The summed E-state index contributed by atoms with van der Waals surface area (Å²) < 4.78 is 4.86. The van der Waals surface area contributed by atoms with Gasteiger partial charge in [-0.15, -0.1) is 11.6 Å². The number of aldehydes is 1. The van der Waals surface area contributed by atoms with Crippen molar-refractivity contribution in [3.8, 4) is 11.5 Å². The minimum absolute atomic E-state index is 0.125. The van der Waals surface area contributed by atoms with Crippen LogP contribution in [-0.4, -0.2) is 40.7 Å². The van der Waals surface area contributed by atoms with E-state index in [0.717, 1.165) is 0 Å². The lowest BCUT2D eigenvalue weighted by molar-refractivity contribution is 0.0165. The second-order valence-corrected chi connectivity index (χ2v) is 4.14. The fraction of sp³-hybridized carbons (Fsp3) is 0.417. The van der Waals surface area contributed by atoms with Crippen molar-refractivity contribution in [2.45, 2.75) is 18.6 Å². The van der Waals surface area contributed by atoms with E-state index in [9.17, 15) is 20.1 Å². The van der Waals surface area contributed by atoms with E-state index in [-0.39, 0.29) is 34.9 Å². The van der Waals surface area contributed by atoms with E-state index in [0.29, 0.717) is 6.29 Å². The SMILES string of the molecule is COc1cc(C=O)c(C(O)C(O)CCCl)cc1O. The molecule has 0 aliphatic rings. The summed E-state index contributed by atoms with van der Waals surface area (Å²) in [6.07, 6.45) is -1.70. The highest BCUT2D eigenvalue weighted by atomic mass is 35.5. The van der Waals surface area contributed by atoms with Gasteiger partial charge in [0.1, 0.15) is 6.10 Å². The van der Waals surface area contributed by atoms with Crippen LogP contribution in [0.25, 0.3) is 0 Å². The van der Waals surface area contributed by atoms with E-state index in [4.69, 9.17) is 16.3 Å². The number of aliphatic hydroxyl groups is 2. The number of phenolic OH excluding ortho intramolecular Hbond substituents is 1. The van der Waals surface area contributed by atoms with Gasteiger partial charge in [-0.3, -0.25) is 4.79 Å². The molecule has 0 fully saturated rings. The van der Waals surface area contributed by atoms with Crippen molar-refractivity contribution in [3.05, 3.63) is 23.3 Å². The fourth-order valence-corrected chi connectivity index (χ4v) is 1.82. The highest BCUT2D eigenvalue weighted by Gasteiger charge is 2.22. The van der Waals surface area contributed by atoms with Crippen molar-refractivity contribution in [2.75, 3.05) is 13.0 Å². The number of alkyl halides is 1. The molecule has 0 aliphatic carbocycles. The number of aromatic hydroxyl groups is 1. The smallest absolute Gasteiger partial charge is 0.161 e. The number of aliphatic hydroxyl groups excluding tert-OH is 2. The maximum Gasteiger partial charge on any atom is 0.161 e. The molecule has 0 aromatic heterocycles.